The molecule has 1 atom stereocenters. The molecule has 2 N–H and O–H groups in total. The zero-order chi connectivity index (χ0) is 21.8. The molecule has 0 aliphatic heterocycles. The molecule has 0 aliphatic carbocycles. The zero-order valence-corrected chi connectivity index (χ0v) is 18.0. The van der Waals surface area contributed by atoms with Gasteiger partial charge in [0.2, 0.25) is 15.9 Å². The molecule has 0 saturated carbocycles. The highest BCUT2D eigenvalue weighted by Crippen LogP contribution is 2.22. The summed E-state index contributed by atoms with van der Waals surface area (Å²) in [5, 5.41) is 2.63. The van der Waals surface area contributed by atoms with Crippen LogP contribution in [0.5, 0.6) is 0 Å². The van der Waals surface area contributed by atoms with Crippen LogP contribution >= 0.6 is 0 Å². The maximum absolute atomic E-state index is 12.8. The average Bonchev–Trinajstić information content (AvgIpc) is 2.60. The molecular formula is C21H26N2O5S. The van der Waals surface area contributed by atoms with E-state index in [0.717, 1.165) is 5.56 Å². The van der Waals surface area contributed by atoms with Crippen LogP contribution in [-0.4, -0.2) is 32.9 Å². The maximum atomic E-state index is 12.8. The first-order chi connectivity index (χ1) is 13.5. The van der Waals surface area contributed by atoms with Gasteiger partial charge in [-0.05, 0) is 70.0 Å². The Morgan fingerprint density at radius 2 is 1.59 bits per heavy atom. The number of benzene rings is 2. The molecule has 0 radical (unpaired) electrons. The largest absolute Gasteiger partial charge is 0.462 e. The Morgan fingerprint density at radius 3 is 2.10 bits per heavy atom. The van der Waals surface area contributed by atoms with Gasteiger partial charge in [0.05, 0.1) is 23.1 Å². The number of sulfonamides is 1. The smallest absolute Gasteiger partial charge is 0.338 e. The van der Waals surface area contributed by atoms with Gasteiger partial charge in [0.15, 0.2) is 0 Å². The standard InChI is InChI=1S/C21H26N2O5S/c1-6-28-21(25)17-7-9-18(10-8-17)22-20(24)16(5)23-29(26,27)19-14(3)11-13(2)12-15(19)4/h7-12,16,23H,6H2,1-5H3,(H,22,24). The molecule has 0 spiro atoms. The Morgan fingerprint density at radius 1 is 1.03 bits per heavy atom. The SMILES string of the molecule is CCOC(=O)c1ccc(NC(=O)C(C)NS(=O)(=O)c2c(C)cc(C)cc2C)cc1. The number of aryl methyl sites for hydroxylation is 3. The van der Waals surface area contributed by atoms with Crippen LogP contribution in [0.15, 0.2) is 41.3 Å². The molecule has 156 valence electrons. The molecule has 2 aromatic carbocycles. The van der Waals surface area contributed by atoms with Gasteiger partial charge >= 0.3 is 5.97 Å². The Bertz CT molecular complexity index is 991. The molecule has 7 nitrogen and oxygen atoms in total. The summed E-state index contributed by atoms with van der Waals surface area (Å²) in [5.74, 6) is -0.963. The number of carbonyl (C=O) groups excluding carboxylic acids is 2. The molecule has 0 fully saturated rings. The molecule has 1 amide bonds. The van der Waals surface area contributed by atoms with Crippen LogP contribution in [0.4, 0.5) is 5.69 Å². The zero-order valence-electron chi connectivity index (χ0n) is 17.2. The Balaban J connectivity index is 2.10. The van der Waals surface area contributed by atoms with Crippen LogP contribution in [0.2, 0.25) is 0 Å². The number of rotatable bonds is 7. The fraction of sp³-hybridized carbons (Fsp3) is 0.333. The van der Waals surface area contributed by atoms with Crippen LogP contribution < -0.4 is 10.0 Å². The number of hydrogen-bond donors (Lipinski definition) is 2. The lowest BCUT2D eigenvalue weighted by Crippen LogP contribution is -2.41. The van der Waals surface area contributed by atoms with Crippen molar-refractivity contribution in [2.24, 2.45) is 0 Å². The molecule has 0 aromatic heterocycles. The van der Waals surface area contributed by atoms with E-state index < -0.39 is 27.9 Å². The fourth-order valence-electron chi connectivity index (χ4n) is 3.09. The van der Waals surface area contributed by atoms with Gasteiger partial charge in [-0.15, -0.1) is 0 Å². The number of carbonyl (C=O) groups is 2. The van der Waals surface area contributed by atoms with Gasteiger partial charge in [-0.2, -0.15) is 4.72 Å². The van der Waals surface area contributed by atoms with Crippen molar-refractivity contribution >= 4 is 27.6 Å². The second-order valence-corrected chi connectivity index (χ2v) is 8.51. The predicted octanol–water partition coefficient (Wildman–Crippen LogP) is 3.09. The molecule has 29 heavy (non-hydrogen) atoms. The van der Waals surface area contributed by atoms with E-state index in [1.165, 1.54) is 19.1 Å². The highest BCUT2D eigenvalue weighted by atomic mass is 32.2. The van der Waals surface area contributed by atoms with Gasteiger partial charge in [0.25, 0.3) is 0 Å². The summed E-state index contributed by atoms with van der Waals surface area (Å²) >= 11 is 0. The molecule has 2 aromatic rings. The number of ether oxygens (including phenoxy) is 1. The minimum atomic E-state index is -3.87. The molecular weight excluding hydrogens is 392 g/mol. The third-order valence-corrected chi connectivity index (χ3v) is 6.11. The second kappa shape index (κ2) is 9.19. The van der Waals surface area contributed by atoms with Crippen molar-refractivity contribution in [1.82, 2.24) is 4.72 Å². The van der Waals surface area contributed by atoms with Crippen molar-refractivity contribution in [2.75, 3.05) is 11.9 Å². The summed E-state index contributed by atoms with van der Waals surface area (Å²) in [7, 11) is -3.87. The Labute approximate surface area is 171 Å². The van der Waals surface area contributed by atoms with E-state index in [1.807, 2.05) is 6.92 Å². The second-order valence-electron chi connectivity index (χ2n) is 6.86. The highest BCUT2D eigenvalue weighted by molar-refractivity contribution is 7.89. The lowest BCUT2D eigenvalue weighted by Gasteiger charge is -2.17. The average molecular weight is 419 g/mol. The molecule has 8 heteroatoms. The summed E-state index contributed by atoms with van der Waals surface area (Å²) in [6.45, 7) is 8.81. The van der Waals surface area contributed by atoms with Crippen LogP contribution in [-0.2, 0) is 19.6 Å². The number of esters is 1. The summed E-state index contributed by atoms with van der Waals surface area (Å²) in [5.41, 5.74) is 3.02. The minimum Gasteiger partial charge on any atom is -0.462 e. The molecule has 2 rings (SSSR count). The van der Waals surface area contributed by atoms with E-state index in [-0.39, 0.29) is 11.5 Å². The van der Waals surface area contributed by atoms with Gasteiger partial charge in [0, 0.05) is 5.69 Å². The third-order valence-electron chi connectivity index (χ3n) is 4.26. The summed E-state index contributed by atoms with van der Waals surface area (Å²) in [6, 6.07) is 8.75. The quantitative estimate of drug-likeness (QED) is 0.673. The third kappa shape index (κ3) is 5.65. The first-order valence-electron chi connectivity index (χ1n) is 9.23. The van der Waals surface area contributed by atoms with E-state index >= 15 is 0 Å². The van der Waals surface area contributed by atoms with Crippen molar-refractivity contribution in [3.8, 4) is 0 Å². The number of nitrogens with one attached hydrogen (secondary N) is 2. The lowest BCUT2D eigenvalue weighted by molar-refractivity contribution is -0.117. The van der Waals surface area contributed by atoms with Crippen molar-refractivity contribution < 1.29 is 22.7 Å². The number of hydrogen-bond acceptors (Lipinski definition) is 5. The first kappa shape index (κ1) is 22.6. The van der Waals surface area contributed by atoms with E-state index in [9.17, 15) is 18.0 Å². The van der Waals surface area contributed by atoms with Crippen LogP contribution in [0.3, 0.4) is 0 Å². The molecule has 0 bridgehead atoms. The van der Waals surface area contributed by atoms with Crippen LogP contribution in [0.1, 0.15) is 40.9 Å². The Kier molecular flexibility index (Phi) is 7.16. The predicted molar refractivity (Wildman–Crippen MR) is 111 cm³/mol. The van der Waals surface area contributed by atoms with Gasteiger partial charge in [-0.3, -0.25) is 4.79 Å². The number of amides is 1. The van der Waals surface area contributed by atoms with Crippen LogP contribution in [0, 0.1) is 20.8 Å². The van der Waals surface area contributed by atoms with E-state index in [0.29, 0.717) is 22.4 Å². The van der Waals surface area contributed by atoms with Gasteiger partial charge in [-0.1, -0.05) is 17.7 Å². The summed E-state index contributed by atoms with van der Waals surface area (Å²) in [4.78, 5) is 24.3. The molecule has 1 unspecified atom stereocenters. The normalized spacial score (nSPS) is 12.3. The number of anilines is 1. The van der Waals surface area contributed by atoms with Crippen molar-refractivity contribution in [3.05, 3.63) is 58.7 Å². The molecule has 0 heterocycles. The Hall–Kier alpha value is -2.71. The van der Waals surface area contributed by atoms with E-state index in [2.05, 4.69) is 10.0 Å². The fourth-order valence-corrected chi connectivity index (χ4v) is 4.75. The monoisotopic (exact) mass is 418 g/mol. The van der Waals surface area contributed by atoms with E-state index in [4.69, 9.17) is 4.74 Å². The van der Waals surface area contributed by atoms with Gasteiger partial charge < -0.3 is 10.1 Å². The van der Waals surface area contributed by atoms with Crippen molar-refractivity contribution in [1.29, 1.82) is 0 Å². The summed E-state index contributed by atoms with van der Waals surface area (Å²) < 4.78 is 32.9. The van der Waals surface area contributed by atoms with Crippen molar-refractivity contribution in [2.45, 2.75) is 45.6 Å². The van der Waals surface area contributed by atoms with Gasteiger partial charge in [-0.25, -0.2) is 13.2 Å². The first-order valence-corrected chi connectivity index (χ1v) is 10.7. The van der Waals surface area contributed by atoms with Crippen molar-refractivity contribution in [3.63, 3.8) is 0 Å². The van der Waals surface area contributed by atoms with Crippen LogP contribution in [0.25, 0.3) is 0 Å². The maximum Gasteiger partial charge on any atom is 0.338 e. The molecule has 0 aliphatic rings. The minimum absolute atomic E-state index is 0.182. The highest BCUT2D eigenvalue weighted by Gasteiger charge is 2.25. The van der Waals surface area contributed by atoms with E-state index in [1.54, 1.807) is 45.0 Å². The topological polar surface area (TPSA) is 102 Å². The lowest BCUT2D eigenvalue weighted by atomic mass is 10.1. The van der Waals surface area contributed by atoms with Gasteiger partial charge in [0.1, 0.15) is 0 Å². The molecule has 0 saturated heterocycles. The summed E-state index contributed by atoms with van der Waals surface area (Å²) in [6.07, 6.45) is 0.